The first-order valence-electron chi connectivity index (χ1n) is 11.3. The molecule has 0 bridgehead atoms. The van der Waals surface area contributed by atoms with Crippen LogP contribution < -0.4 is 10.6 Å². The average Bonchev–Trinajstić information content (AvgIpc) is 3.29. The Balaban J connectivity index is 1.28. The lowest BCUT2D eigenvalue weighted by atomic mass is 10.1. The van der Waals surface area contributed by atoms with Gasteiger partial charge in [0.05, 0.1) is 11.0 Å². The highest BCUT2D eigenvalue weighted by Crippen LogP contribution is 2.19. The van der Waals surface area contributed by atoms with Crippen LogP contribution in [0.25, 0.3) is 11.0 Å². The molecule has 1 aliphatic heterocycles. The summed E-state index contributed by atoms with van der Waals surface area (Å²) in [4.78, 5) is 46.4. The van der Waals surface area contributed by atoms with Crippen molar-refractivity contribution in [2.24, 2.45) is 5.92 Å². The number of hydrogen-bond acceptors (Lipinski definition) is 4. The van der Waals surface area contributed by atoms with Crippen LogP contribution in [-0.4, -0.2) is 45.3 Å². The molecule has 1 aliphatic rings. The normalized spacial score (nSPS) is 16.0. The summed E-state index contributed by atoms with van der Waals surface area (Å²) >= 11 is 0. The van der Waals surface area contributed by atoms with E-state index < -0.39 is 12.1 Å². The molecule has 8 heteroatoms. The molecule has 172 valence electrons. The van der Waals surface area contributed by atoms with E-state index in [4.69, 9.17) is 0 Å². The van der Waals surface area contributed by atoms with Crippen molar-refractivity contribution in [1.29, 1.82) is 0 Å². The summed E-state index contributed by atoms with van der Waals surface area (Å²) in [6.07, 6.45) is 1.84. The van der Waals surface area contributed by atoms with Gasteiger partial charge in [0.2, 0.25) is 5.91 Å². The van der Waals surface area contributed by atoms with Gasteiger partial charge in [0, 0.05) is 25.1 Å². The van der Waals surface area contributed by atoms with Crippen LogP contribution in [0, 0.1) is 5.92 Å². The fourth-order valence-electron chi connectivity index (χ4n) is 3.99. The molecule has 33 heavy (non-hydrogen) atoms. The van der Waals surface area contributed by atoms with E-state index in [-0.39, 0.29) is 24.7 Å². The first-order valence-corrected chi connectivity index (χ1v) is 11.3. The summed E-state index contributed by atoms with van der Waals surface area (Å²) < 4.78 is 0. The average molecular weight is 448 g/mol. The van der Waals surface area contributed by atoms with E-state index in [0.717, 1.165) is 28.8 Å². The van der Waals surface area contributed by atoms with E-state index in [0.29, 0.717) is 24.6 Å². The maximum Gasteiger partial charge on any atom is 0.324 e. The predicted molar refractivity (Wildman–Crippen MR) is 127 cm³/mol. The Hall–Kier alpha value is -3.68. The minimum atomic E-state index is -0.673. The Morgan fingerprint density at radius 2 is 1.94 bits per heavy atom. The second-order valence-electron chi connectivity index (χ2n) is 8.83. The number of imide groups is 1. The summed E-state index contributed by atoms with van der Waals surface area (Å²) in [7, 11) is 0. The van der Waals surface area contributed by atoms with Crippen LogP contribution in [0.4, 0.5) is 10.5 Å². The molecule has 0 unspecified atom stereocenters. The van der Waals surface area contributed by atoms with Crippen molar-refractivity contribution in [2.45, 2.75) is 45.6 Å². The van der Waals surface area contributed by atoms with Crippen LogP contribution >= 0.6 is 0 Å². The number of aromatic nitrogens is 2. The topological polar surface area (TPSA) is 107 Å². The standard InChI is InChI=1S/C25H29N5O3/c1-16(2)14-22-27-19-9-8-18(15-21(19)28-22)26-23(31)11-10-20-24(32)30(25(33)29-20)13-12-17-6-4-3-5-7-17/h3-9,15-16,20H,10-14H2,1-2H3,(H,26,31)(H,27,28)(H,29,33)/t20-/m1/s1. The van der Waals surface area contributed by atoms with Crippen LogP contribution in [-0.2, 0) is 22.4 Å². The molecule has 4 rings (SSSR count). The molecule has 0 radical (unpaired) electrons. The number of imidazole rings is 1. The SMILES string of the molecule is CC(C)Cc1nc2ccc(NC(=O)CC[C@H]3NC(=O)N(CCc4ccccc4)C3=O)cc2[nH]1. The largest absolute Gasteiger partial charge is 0.342 e. The third-order valence-electron chi connectivity index (χ3n) is 5.65. The minimum absolute atomic E-state index is 0.128. The second-order valence-corrected chi connectivity index (χ2v) is 8.83. The Kier molecular flexibility index (Phi) is 6.72. The molecule has 2 aromatic carbocycles. The molecule has 8 nitrogen and oxygen atoms in total. The Morgan fingerprint density at radius 1 is 1.15 bits per heavy atom. The van der Waals surface area contributed by atoms with Gasteiger partial charge in [-0.05, 0) is 42.5 Å². The fraction of sp³-hybridized carbons (Fsp3) is 0.360. The monoisotopic (exact) mass is 447 g/mol. The molecule has 0 spiro atoms. The van der Waals surface area contributed by atoms with Crippen molar-refractivity contribution < 1.29 is 14.4 Å². The number of aromatic amines is 1. The zero-order chi connectivity index (χ0) is 23.4. The third kappa shape index (κ3) is 5.58. The van der Waals surface area contributed by atoms with E-state index in [1.165, 1.54) is 4.90 Å². The maximum absolute atomic E-state index is 12.6. The number of anilines is 1. The highest BCUT2D eigenvalue weighted by atomic mass is 16.2. The Bertz CT molecular complexity index is 1160. The molecule has 3 aromatic rings. The number of H-pyrrole nitrogens is 1. The van der Waals surface area contributed by atoms with Crippen molar-refractivity contribution in [3.63, 3.8) is 0 Å². The van der Waals surface area contributed by atoms with Gasteiger partial charge in [0.1, 0.15) is 11.9 Å². The zero-order valence-corrected chi connectivity index (χ0v) is 18.9. The van der Waals surface area contributed by atoms with Crippen LogP contribution in [0.3, 0.4) is 0 Å². The third-order valence-corrected chi connectivity index (χ3v) is 5.65. The number of nitrogens with one attached hydrogen (secondary N) is 3. The number of rotatable bonds is 9. The lowest BCUT2D eigenvalue weighted by Crippen LogP contribution is -2.33. The summed E-state index contributed by atoms with van der Waals surface area (Å²) in [5, 5.41) is 5.56. The van der Waals surface area contributed by atoms with Crippen LogP contribution in [0.15, 0.2) is 48.5 Å². The zero-order valence-electron chi connectivity index (χ0n) is 18.9. The molecule has 4 amide bonds. The summed E-state index contributed by atoms with van der Waals surface area (Å²) in [6, 6.07) is 14.2. The van der Waals surface area contributed by atoms with Crippen LogP contribution in [0.5, 0.6) is 0 Å². The Labute approximate surface area is 192 Å². The van der Waals surface area contributed by atoms with Crippen molar-refractivity contribution in [3.05, 3.63) is 59.9 Å². The number of carbonyl (C=O) groups is 3. The van der Waals surface area contributed by atoms with Gasteiger partial charge in [-0.1, -0.05) is 44.2 Å². The molecule has 1 saturated heterocycles. The number of fused-ring (bicyclic) bond motifs is 1. The first kappa shape index (κ1) is 22.5. The number of carbonyl (C=O) groups excluding carboxylic acids is 3. The van der Waals surface area contributed by atoms with E-state index in [1.807, 2.05) is 48.5 Å². The molecule has 1 aromatic heterocycles. The predicted octanol–water partition coefficient (Wildman–Crippen LogP) is 3.64. The number of nitrogens with zero attached hydrogens (tertiary/aromatic N) is 2. The van der Waals surface area contributed by atoms with Gasteiger partial charge in [-0.3, -0.25) is 14.5 Å². The number of amides is 4. The lowest BCUT2D eigenvalue weighted by Gasteiger charge is -2.13. The second kappa shape index (κ2) is 9.85. The number of benzene rings is 2. The van der Waals surface area contributed by atoms with Crippen molar-refractivity contribution in [1.82, 2.24) is 20.2 Å². The minimum Gasteiger partial charge on any atom is -0.342 e. The van der Waals surface area contributed by atoms with Gasteiger partial charge in [-0.2, -0.15) is 0 Å². The van der Waals surface area contributed by atoms with Crippen LogP contribution in [0.1, 0.15) is 38.1 Å². The number of urea groups is 1. The molecular weight excluding hydrogens is 418 g/mol. The van der Waals surface area contributed by atoms with E-state index in [2.05, 4.69) is 34.4 Å². The summed E-state index contributed by atoms with van der Waals surface area (Å²) in [5.74, 6) is 0.940. The highest BCUT2D eigenvalue weighted by Gasteiger charge is 2.37. The summed E-state index contributed by atoms with van der Waals surface area (Å²) in [5.41, 5.74) is 3.46. The van der Waals surface area contributed by atoms with E-state index in [9.17, 15) is 14.4 Å². The van der Waals surface area contributed by atoms with Crippen molar-refractivity contribution >= 4 is 34.6 Å². The first-order chi connectivity index (χ1) is 15.9. The molecule has 3 N–H and O–H groups in total. The highest BCUT2D eigenvalue weighted by molar-refractivity contribution is 6.04. The molecule has 1 atom stereocenters. The molecule has 2 heterocycles. The Morgan fingerprint density at radius 3 is 2.70 bits per heavy atom. The van der Waals surface area contributed by atoms with Gasteiger partial charge < -0.3 is 15.6 Å². The lowest BCUT2D eigenvalue weighted by molar-refractivity contribution is -0.127. The smallest absolute Gasteiger partial charge is 0.324 e. The van der Waals surface area contributed by atoms with E-state index in [1.54, 1.807) is 0 Å². The van der Waals surface area contributed by atoms with Gasteiger partial charge in [0.25, 0.3) is 5.91 Å². The quantitative estimate of drug-likeness (QED) is 0.435. The summed E-state index contributed by atoms with van der Waals surface area (Å²) in [6.45, 7) is 4.60. The van der Waals surface area contributed by atoms with E-state index >= 15 is 0 Å². The molecular formula is C25H29N5O3. The van der Waals surface area contributed by atoms with Crippen molar-refractivity contribution in [2.75, 3.05) is 11.9 Å². The van der Waals surface area contributed by atoms with Crippen molar-refractivity contribution in [3.8, 4) is 0 Å². The number of hydrogen-bond donors (Lipinski definition) is 3. The van der Waals surface area contributed by atoms with Gasteiger partial charge >= 0.3 is 6.03 Å². The van der Waals surface area contributed by atoms with Gasteiger partial charge in [0.15, 0.2) is 0 Å². The molecule has 0 aliphatic carbocycles. The maximum atomic E-state index is 12.6. The molecule has 1 fully saturated rings. The fourth-order valence-corrected chi connectivity index (χ4v) is 3.99. The molecule has 0 saturated carbocycles. The van der Waals surface area contributed by atoms with Gasteiger partial charge in [-0.15, -0.1) is 0 Å². The van der Waals surface area contributed by atoms with Gasteiger partial charge in [-0.25, -0.2) is 9.78 Å². The van der Waals surface area contributed by atoms with Crippen LogP contribution in [0.2, 0.25) is 0 Å².